The normalized spacial score (nSPS) is 12.2. The quantitative estimate of drug-likeness (QED) is 0.574. The molecule has 1 aliphatic heterocycles. The van der Waals surface area contributed by atoms with E-state index < -0.39 is 0 Å². The Morgan fingerprint density at radius 2 is 2.12 bits per heavy atom. The van der Waals surface area contributed by atoms with Crippen molar-refractivity contribution in [2.75, 3.05) is 6.79 Å². The molecule has 84 valence electrons. The van der Waals surface area contributed by atoms with Crippen molar-refractivity contribution in [3.05, 3.63) is 18.2 Å². The molecule has 0 saturated heterocycles. The number of hydrogen-bond acceptors (Lipinski definition) is 7. The average molecular weight is 231 g/mol. The summed E-state index contributed by atoms with van der Waals surface area (Å²) in [4.78, 5) is 13.6. The SMILES string of the molecule is O=C=Nc1nonc1-c1ccc2c(c1)OCO2. The molecule has 0 radical (unpaired) electrons. The lowest BCUT2D eigenvalue weighted by Crippen LogP contribution is -1.92. The molecule has 17 heavy (non-hydrogen) atoms. The molecular weight excluding hydrogens is 226 g/mol. The zero-order valence-electron chi connectivity index (χ0n) is 8.41. The summed E-state index contributed by atoms with van der Waals surface area (Å²) in [5.41, 5.74) is 1.02. The van der Waals surface area contributed by atoms with Crippen LogP contribution in [0.3, 0.4) is 0 Å². The molecule has 2 heterocycles. The van der Waals surface area contributed by atoms with Gasteiger partial charge in [-0.25, -0.2) is 9.42 Å². The number of nitrogens with zero attached hydrogens (tertiary/aromatic N) is 3. The van der Waals surface area contributed by atoms with Gasteiger partial charge in [0.2, 0.25) is 18.7 Å². The predicted molar refractivity (Wildman–Crippen MR) is 53.6 cm³/mol. The first-order valence-electron chi connectivity index (χ1n) is 4.69. The number of benzene rings is 1. The number of rotatable bonds is 2. The molecule has 0 bridgehead atoms. The smallest absolute Gasteiger partial charge is 0.242 e. The van der Waals surface area contributed by atoms with E-state index >= 15 is 0 Å². The maximum atomic E-state index is 10.2. The maximum Gasteiger partial charge on any atom is 0.242 e. The summed E-state index contributed by atoms with van der Waals surface area (Å²) >= 11 is 0. The van der Waals surface area contributed by atoms with Gasteiger partial charge in [-0.05, 0) is 28.5 Å². The largest absolute Gasteiger partial charge is 0.454 e. The third kappa shape index (κ3) is 1.54. The van der Waals surface area contributed by atoms with Crippen molar-refractivity contribution in [1.29, 1.82) is 0 Å². The minimum Gasteiger partial charge on any atom is -0.454 e. The summed E-state index contributed by atoms with van der Waals surface area (Å²) in [6.07, 6.45) is 1.39. The molecule has 0 saturated carbocycles. The van der Waals surface area contributed by atoms with Crippen molar-refractivity contribution in [3.8, 4) is 22.8 Å². The van der Waals surface area contributed by atoms with Gasteiger partial charge in [-0.2, -0.15) is 0 Å². The van der Waals surface area contributed by atoms with Crippen molar-refractivity contribution < 1.29 is 18.9 Å². The fourth-order valence-electron chi connectivity index (χ4n) is 1.53. The molecule has 0 amide bonds. The number of aliphatic imine (C=N–C) groups is 1. The Bertz CT molecular complexity index is 616. The summed E-state index contributed by atoms with van der Waals surface area (Å²) in [7, 11) is 0. The first-order chi connectivity index (χ1) is 8.38. The Labute approximate surface area is 94.6 Å². The number of isocyanates is 1. The van der Waals surface area contributed by atoms with Crippen LogP contribution >= 0.6 is 0 Å². The standard InChI is InChI=1S/C10H5N3O4/c14-4-11-10-9(12-17-13-10)6-1-2-7-8(3-6)16-5-15-7/h1-3H,5H2. The van der Waals surface area contributed by atoms with E-state index in [-0.39, 0.29) is 12.6 Å². The second kappa shape index (κ2) is 3.73. The van der Waals surface area contributed by atoms with Crippen LogP contribution < -0.4 is 9.47 Å². The van der Waals surface area contributed by atoms with E-state index in [2.05, 4.69) is 19.9 Å². The van der Waals surface area contributed by atoms with Crippen LogP contribution in [0.5, 0.6) is 11.5 Å². The number of ether oxygens (including phenoxy) is 2. The van der Waals surface area contributed by atoms with Gasteiger partial charge in [0.15, 0.2) is 17.2 Å². The predicted octanol–water partition coefficient (Wildman–Crippen LogP) is 1.43. The van der Waals surface area contributed by atoms with E-state index in [1.807, 2.05) is 0 Å². The highest BCUT2D eigenvalue weighted by Gasteiger charge is 2.17. The van der Waals surface area contributed by atoms with Crippen molar-refractivity contribution >= 4 is 11.9 Å². The molecule has 3 rings (SSSR count). The molecule has 0 spiro atoms. The minimum absolute atomic E-state index is 0.0823. The van der Waals surface area contributed by atoms with Crippen LogP contribution in [-0.2, 0) is 4.79 Å². The summed E-state index contributed by atoms with van der Waals surface area (Å²) in [6, 6.07) is 5.20. The highest BCUT2D eigenvalue weighted by atomic mass is 16.7. The number of carbonyl (C=O) groups excluding carboxylic acids is 1. The fraction of sp³-hybridized carbons (Fsp3) is 0.100. The molecule has 7 nitrogen and oxygen atoms in total. The first-order valence-corrected chi connectivity index (χ1v) is 4.69. The van der Waals surface area contributed by atoms with E-state index in [1.165, 1.54) is 6.08 Å². The molecule has 7 heteroatoms. The van der Waals surface area contributed by atoms with E-state index in [4.69, 9.17) is 9.47 Å². The van der Waals surface area contributed by atoms with Crippen LogP contribution in [0, 0.1) is 0 Å². The third-order valence-electron chi connectivity index (χ3n) is 2.27. The molecule has 0 aliphatic carbocycles. The Hall–Kier alpha value is -2.66. The molecule has 2 aromatic rings. The lowest BCUT2D eigenvalue weighted by molar-refractivity contribution is 0.174. The van der Waals surface area contributed by atoms with E-state index in [1.54, 1.807) is 18.2 Å². The first kappa shape index (κ1) is 9.56. The van der Waals surface area contributed by atoms with Crippen LogP contribution in [0.25, 0.3) is 11.3 Å². The van der Waals surface area contributed by atoms with Crippen molar-refractivity contribution in [1.82, 2.24) is 10.3 Å². The highest BCUT2D eigenvalue weighted by Crippen LogP contribution is 2.37. The molecule has 0 fully saturated rings. The summed E-state index contributed by atoms with van der Waals surface area (Å²) in [6.45, 7) is 0.190. The zero-order valence-corrected chi connectivity index (χ0v) is 8.41. The van der Waals surface area contributed by atoms with Gasteiger partial charge < -0.3 is 9.47 Å². The maximum absolute atomic E-state index is 10.2. The van der Waals surface area contributed by atoms with Crippen LogP contribution in [0.4, 0.5) is 5.82 Å². The van der Waals surface area contributed by atoms with Gasteiger partial charge in [0, 0.05) is 5.56 Å². The average Bonchev–Trinajstić information content (AvgIpc) is 2.96. The zero-order chi connectivity index (χ0) is 11.7. The van der Waals surface area contributed by atoms with Crippen LogP contribution in [0.15, 0.2) is 27.8 Å². The number of aromatic nitrogens is 2. The van der Waals surface area contributed by atoms with Gasteiger partial charge in [-0.1, -0.05) is 0 Å². The Morgan fingerprint density at radius 3 is 3.00 bits per heavy atom. The summed E-state index contributed by atoms with van der Waals surface area (Å²) < 4.78 is 14.9. The monoisotopic (exact) mass is 231 g/mol. The lowest BCUT2D eigenvalue weighted by atomic mass is 10.1. The molecule has 1 aromatic heterocycles. The van der Waals surface area contributed by atoms with Gasteiger partial charge in [0.05, 0.1) is 0 Å². The minimum atomic E-state index is 0.0823. The van der Waals surface area contributed by atoms with Crippen molar-refractivity contribution in [2.45, 2.75) is 0 Å². The molecule has 0 atom stereocenters. The van der Waals surface area contributed by atoms with Crippen LogP contribution in [0.2, 0.25) is 0 Å². The summed E-state index contributed by atoms with van der Waals surface area (Å²) in [5, 5.41) is 7.16. The van der Waals surface area contributed by atoms with E-state index in [0.717, 1.165) is 0 Å². The Morgan fingerprint density at radius 1 is 1.24 bits per heavy atom. The molecular formula is C10H5N3O4. The third-order valence-corrected chi connectivity index (χ3v) is 2.27. The molecule has 0 unspecified atom stereocenters. The van der Waals surface area contributed by atoms with E-state index in [9.17, 15) is 4.79 Å². The highest BCUT2D eigenvalue weighted by molar-refractivity contribution is 5.72. The second-order valence-electron chi connectivity index (χ2n) is 3.21. The fourth-order valence-corrected chi connectivity index (χ4v) is 1.53. The van der Waals surface area contributed by atoms with Crippen LogP contribution in [-0.4, -0.2) is 23.2 Å². The molecule has 1 aliphatic rings. The van der Waals surface area contributed by atoms with Gasteiger partial charge in [0.1, 0.15) is 0 Å². The van der Waals surface area contributed by atoms with Gasteiger partial charge in [-0.3, -0.25) is 0 Å². The number of hydrogen-bond donors (Lipinski definition) is 0. The van der Waals surface area contributed by atoms with Crippen LogP contribution in [0.1, 0.15) is 0 Å². The lowest BCUT2D eigenvalue weighted by Gasteiger charge is -1.98. The summed E-state index contributed by atoms with van der Waals surface area (Å²) in [5.74, 6) is 1.34. The van der Waals surface area contributed by atoms with Crippen molar-refractivity contribution in [2.24, 2.45) is 4.99 Å². The Kier molecular flexibility index (Phi) is 2.10. The number of fused-ring (bicyclic) bond motifs is 1. The Balaban J connectivity index is 2.09. The van der Waals surface area contributed by atoms with Gasteiger partial charge in [0.25, 0.3) is 0 Å². The van der Waals surface area contributed by atoms with Crippen molar-refractivity contribution in [3.63, 3.8) is 0 Å². The van der Waals surface area contributed by atoms with Gasteiger partial charge >= 0.3 is 0 Å². The topological polar surface area (TPSA) is 86.8 Å². The van der Waals surface area contributed by atoms with Gasteiger partial charge in [-0.15, -0.1) is 4.99 Å². The molecule has 0 N–H and O–H groups in total. The van der Waals surface area contributed by atoms with E-state index in [0.29, 0.717) is 22.8 Å². The second-order valence-corrected chi connectivity index (χ2v) is 3.21. The molecule has 1 aromatic carbocycles.